The zero-order valence-electron chi connectivity index (χ0n) is 9.90. The molecule has 0 aliphatic carbocycles. The lowest BCUT2D eigenvalue weighted by molar-refractivity contribution is -0.150. The van der Waals surface area contributed by atoms with Gasteiger partial charge in [-0.25, -0.2) is 4.79 Å². The van der Waals surface area contributed by atoms with E-state index in [4.69, 9.17) is 10.8 Å². The first kappa shape index (κ1) is 13.0. The van der Waals surface area contributed by atoms with Gasteiger partial charge in [-0.2, -0.15) is 0 Å². The molecule has 1 amide bonds. The molecule has 0 bridgehead atoms. The number of hydrogen-bond acceptors (Lipinski definition) is 3. The number of carboxylic acid groups (broad SMARTS) is 1. The smallest absolute Gasteiger partial charge is 0.326 e. The average Bonchev–Trinajstić information content (AvgIpc) is 2.64. The molecule has 5 nitrogen and oxygen atoms in total. The van der Waals surface area contributed by atoms with Crippen LogP contribution in [0.25, 0.3) is 0 Å². The summed E-state index contributed by atoms with van der Waals surface area (Å²) in [5.41, 5.74) is 4.99. The topological polar surface area (TPSA) is 83.6 Å². The molecule has 1 aliphatic heterocycles. The second kappa shape index (κ2) is 4.82. The van der Waals surface area contributed by atoms with E-state index in [-0.39, 0.29) is 5.91 Å². The third kappa shape index (κ3) is 2.52. The van der Waals surface area contributed by atoms with Gasteiger partial charge in [0.2, 0.25) is 5.91 Å². The number of carbonyl (C=O) groups excluding carboxylic acids is 1. The Morgan fingerprint density at radius 1 is 1.56 bits per heavy atom. The first-order chi connectivity index (χ1) is 7.40. The molecule has 5 heteroatoms. The van der Waals surface area contributed by atoms with Crippen molar-refractivity contribution >= 4 is 11.9 Å². The minimum absolute atomic E-state index is 0.237. The third-order valence-corrected chi connectivity index (χ3v) is 3.06. The Bertz CT molecular complexity index is 289. The highest BCUT2D eigenvalue weighted by atomic mass is 16.4. The predicted molar refractivity (Wildman–Crippen MR) is 59.9 cm³/mol. The molecule has 16 heavy (non-hydrogen) atoms. The van der Waals surface area contributed by atoms with Gasteiger partial charge < -0.3 is 15.7 Å². The van der Waals surface area contributed by atoms with E-state index in [9.17, 15) is 9.59 Å². The molecular weight excluding hydrogens is 208 g/mol. The molecule has 0 spiro atoms. The van der Waals surface area contributed by atoms with Crippen molar-refractivity contribution in [2.45, 2.75) is 51.1 Å². The van der Waals surface area contributed by atoms with Crippen LogP contribution in [0.1, 0.15) is 39.5 Å². The molecule has 0 aromatic rings. The average molecular weight is 228 g/mol. The van der Waals surface area contributed by atoms with Gasteiger partial charge in [0.25, 0.3) is 0 Å². The number of nitrogens with zero attached hydrogens (tertiary/aromatic N) is 1. The van der Waals surface area contributed by atoms with Crippen LogP contribution in [0.5, 0.6) is 0 Å². The summed E-state index contributed by atoms with van der Waals surface area (Å²) in [7, 11) is 0. The standard InChI is InChI=1S/C11H20N2O3/c1-3-6-11(2,12)10(16)13-7-4-5-8(13)9(14)15/h8H,3-7,12H2,1-2H3,(H,14,15)/t8-,11?/m0/s1. The number of rotatable bonds is 4. The third-order valence-electron chi connectivity index (χ3n) is 3.06. The highest BCUT2D eigenvalue weighted by Crippen LogP contribution is 2.22. The van der Waals surface area contributed by atoms with Crippen molar-refractivity contribution in [2.75, 3.05) is 6.54 Å². The lowest BCUT2D eigenvalue weighted by atomic mass is 9.95. The lowest BCUT2D eigenvalue weighted by Crippen LogP contribution is -2.55. The Hall–Kier alpha value is -1.10. The number of nitrogens with two attached hydrogens (primary N) is 1. The number of carbonyl (C=O) groups is 2. The van der Waals surface area contributed by atoms with Crippen LogP contribution in [0, 0.1) is 0 Å². The van der Waals surface area contributed by atoms with Gasteiger partial charge in [0.15, 0.2) is 0 Å². The second-order valence-corrected chi connectivity index (χ2v) is 4.66. The minimum atomic E-state index is -0.938. The van der Waals surface area contributed by atoms with Gasteiger partial charge >= 0.3 is 5.97 Å². The first-order valence-electron chi connectivity index (χ1n) is 5.73. The number of aliphatic carboxylic acids is 1. The summed E-state index contributed by atoms with van der Waals surface area (Å²) in [6.07, 6.45) is 2.66. The van der Waals surface area contributed by atoms with Crippen LogP contribution in [0.15, 0.2) is 0 Å². The molecule has 92 valence electrons. The number of amides is 1. The SMILES string of the molecule is CCCC(C)(N)C(=O)N1CCC[C@H]1C(=O)O. The second-order valence-electron chi connectivity index (χ2n) is 4.66. The number of likely N-dealkylation sites (tertiary alicyclic amines) is 1. The maximum absolute atomic E-state index is 12.1. The van der Waals surface area contributed by atoms with Crippen molar-refractivity contribution < 1.29 is 14.7 Å². The summed E-state index contributed by atoms with van der Waals surface area (Å²) in [6.45, 7) is 4.14. The minimum Gasteiger partial charge on any atom is -0.480 e. The van der Waals surface area contributed by atoms with Gasteiger partial charge in [0.05, 0.1) is 5.54 Å². The molecule has 1 rings (SSSR count). The Morgan fingerprint density at radius 3 is 2.69 bits per heavy atom. The summed E-state index contributed by atoms with van der Waals surface area (Å²) in [5, 5.41) is 8.99. The fourth-order valence-electron chi connectivity index (χ4n) is 2.22. The quantitative estimate of drug-likeness (QED) is 0.737. The van der Waals surface area contributed by atoms with Crippen LogP contribution in [0.3, 0.4) is 0 Å². The van der Waals surface area contributed by atoms with Crippen molar-refractivity contribution in [2.24, 2.45) is 5.73 Å². The Labute approximate surface area is 95.6 Å². The van der Waals surface area contributed by atoms with Gasteiger partial charge in [0, 0.05) is 6.54 Å². The van der Waals surface area contributed by atoms with Gasteiger partial charge in [0.1, 0.15) is 6.04 Å². The van der Waals surface area contributed by atoms with E-state index in [1.807, 2.05) is 6.92 Å². The van der Waals surface area contributed by atoms with Crippen molar-refractivity contribution in [3.63, 3.8) is 0 Å². The maximum Gasteiger partial charge on any atom is 0.326 e. The van der Waals surface area contributed by atoms with Crippen molar-refractivity contribution in [1.82, 2.24) is 4.90 Å². The highest BCUT2D eigenvalue weighted by molar-refractivity contribution is 5.90. The van der Waals surface area contributed by atoms with E-state index in [1.54, 1.807) is 6.92 Å². The van der Waals surface area contributed by atoms with Gasteiger partial charge in [-0.15, -0.1) is 0 Å². The van der Waals surface area contributed by atoms with Gasteiger partial charge in [-0.05, 0) is 26.2 Å². The van der Waals surface area contributed by atoms with Gasteiger partial charge in [-0.1, -0.05) is 13.3 Å². The van der Waals surface area contributed by atoms with E-state index in [0.717, 1.165) is 12.8 Å². The fourth-order valence-corrected chi connectivity index (χ4v) is 2.22. The molecule has 0 saturated carbocycles. The van der Waals surface area contributed by atoms with Crippen LogP contribution in [-0.4, -0.2) is 40.0 Å². The molecule has 1 saturated heterocycles. The van der Waals surface area contributed by atoms with Crippen molar-refractivity contribution in [3.8, 4) is 0 Å². The van der Waals surface area contributed by atoms with Crippen LogP contribution in [0.4, 0.5) is 0 Å². The molecular formula is C11H20N2O3. The van der Waals surface area contributed by atoms with E-state index >= 15 is 0 Å². The molecule has 1 unspecified atom stereocenters. The predicted octanol–water partition coefficient (Wildman–Crippen LogP) is 0.579. The Balaban J connectivity index is 2.76. The van der Waals surface area contributed by atoms with Crippen LogP contribution >= 0.6 is 0 Å². The molecule has 1 heterocycles. The van der Waals surface area contributed by atoms with Crippen LogP contribution < -0.4 is 5.73 Å². The normalized spacial score (nSPS) is 24.2. The van der Waals surface area contributed by atoms with Crippen molar-refractivity contribution in [3.05, 3.63) is 0 Å². The molecule has 1 aliphatic rings. The van der Waals surface area contributed by atoms with Crippen LogP contribution in [-0.2, 0) is 9.59 Å². The zero-order chi connectivity index (χ0) is 12.3. The fraction of sp³-hybridized carbons (Fsp3) is 0.818. The van der Waals surface area contributed by atoms with Crippen LogP contribution in [0.2, 0.25) is 0 Å². The summed E-state index contributed by atoms with van der Waals surface area (Å²) in [6, 6.07) is -0.688. The van der Waals surface area contributed by atoms with Gasteiger partial charge in [-0.3, -0.25) is 4.79 Å². The summed E-state index contributed by atoms with van der Waals surface area (Å²) in [4.78, 5) is 24.5. The summed E-state index contributed by atoms with van der Waals surface area (Å²) < 4.78 is 0. The monoisotopic (exact) mass is 228 g/mol. The largest absolute Gasteiger partial charge is 0.480 e. The molecule has 3 N–H and O–H groups in total. The lowest BCUT2D eigenvalue weighted by Gasteiger charge is -2.31. The Kier molecular flexibility index (Phi) is 3.91. The molecule has 1 fully saturated rings. The highest BCUT2D eigenvalue weighted by Gasteiger charge is 2.40. The molecule has 0 aromatic heterocycles. The first-order valence-corrected chi connectivity index (χ1v) is 5.73. The molecule has 2 atom stereocenters. The maximum atomic E-state index is 12.1. The number of carboxylic acids is 1. The van der Waals surface area contributed by atoms with E-state index in [1.165, 1.54) is 4.90 Å². The van der Waals surface area contributed by atoms with Crippen molar-refractivity contribution in [1.29, 1.82) is 0 Å². The van der Waals surface area contributed by atoms with E-state index < -0.39 is 17.6 Å². The molecule has 0 radical (unpaired) electrons. The zero-order valence-corrected chi connectivity index (χ0v) is 9.90. The Morgan fingerprint density at radius 2 is 2.19 bits per heavy atom. The van der Waals surface area contributed by atoms with E-state index in [0.29, 0.717) is 19.4 Å². The summed E-state index contributed by atoms with van der Waals surface area (Å²) in [5.74, 6) is -1.17. The number of hydrogen-bond donors (Lipinski definition) is 2. The molecule has 0 aromatic carbocycles. The van der Waals surface area contributed by atoms with E-state index in [2.05, 4.69) is 0 Å². The summed E-state index contributed by atoms with van der Waals surface area (Å²) >= 11 is 0.